The minimum atomic E-state index is 0.00798. The molecule has 0 aromatic carbocycles. The Morgan fingerprint density at radius 1 is 1.22 bits per heavy atom. The Balaban J connectivity index is 1.54. The highest BCUT2D eigenvalue weighted by Gasteiger charge is 2.35. The van der Waals surface area contributed by atoms with Crippen molar-refractivity contribution in [1.82, 2.24) is 14.5 Å². The summed E-state index contributed by atoms with van der Waals surface area (Å²) < 4.78 is 7.24. The third-order valence-electron chi connectivity index (χ3n) is 7.02. The Kier molecular flexibility index (Phi) is 7.95. The Morgan fingerprint density at radius 2 is 2.00 bits per heavy atom. The number of amides is 1. The number of hydrogen-bond donors (Lipinski definition) is 0. The number of ether oxygens (including phenoxy) is 1. The minimum absolute atomic E-state index is 0.00798. The van der Waals surface area contributed by atoms with Crippen LogP contribution in [0.25, 0.3) is 10.2 Å². The van der Waals surface area contributed by atoms with E-state index in [9.17, 15) is 9.59 Å². The molecule has 1 saturated heterocycles. The van der Waals surface area contributed by atoms with Gasteiger partial charge < -0.3 is 9.64 Å². The Morgan fingerprint density at radius 3 is 2.81 bits per heavy atom. The molecule has 0 spiro atoms. The molecule has 2 fully saturated rings. The molecule has 8 heteroatoms. The second-order valence-electron chi connectivity index (χ2n) is 8.99. The Bertz CT molecular complexity index is 1010. The number of likely N-dealkylation sites (tertiary alicyclic amines) is 1. The van der Waals surface area contributed by atoms with Crippen LogP contribution in [0.15, 0.2) is 9.95 Å². The minimum Gasteiger partial charge on any atom is -0.382 e. The van der Waals surface area contributed by atoms with E-state index < -0.39 is 0 Å². The van der Waals surface area contributed by atoms with Crippen molar-refractivity contribution in [3.8, 4) is 0 Å². The first kappa shape index (κ1) is 23.8. The largest absolute Gasteiger partial charge is 0.382 e. The van der Waals surface area contributed by atoms with Crippen molar-refractivity contribution >= 4 is 39.2 Å². The maximum atomic E-state index is 13.4. The zero-order valence-corrected chi connectivity index (χ0v) is 21.2. The molecule has 0 radical (unpaired) electrons. The molecule has 2 atom stereocenters. The number of aryl methyl sites for hydroxylation is 2. The SMILES string of the molecule is CCOCCCn1c(SCC(=O)N2CCCC3CCCCC32)nc2sc(C)c(C)c2c1=O. The highest BCUT2D eigenvalue weighted by molar-refractivity contribution is 7.99. The molecule has 0 bridgehead atoms. The molecule has 2 unspecified atom stereocenters. The van der Waals surface area contributed by atoms with Crippen LogP contribution >= 0.6 is 23.1 Å². The van der Waals surface area contributed by atoms with Crippen LogP contribution in [0.3, 0.4) is 0 Å². The van der Waals surface area contributed by atoms with Crippen LogP contribution in [0.4, 0.5) is 0 Å². The third kappa shape index (κ3) is 4.92. The number of nitrogens with zero attached hydrogens (tertiary/aromatic N) is 3. The molecule has 1 aliphatic carbocycles. The molecule has 6 nitrogen and oxygen atoms in total. The number of piperidine rings is 1. The number of hydrogen-bond acceptors (Lipinski definition) is 6. The summed E-state index contributed by atoms with van der Waals surface area (Å²) in [6.07, 6.45) is 8.05. The van der Waals surface area contributed by atoms with Crippen molar-refractivity contribution in [3.63, 3.8) is 0 Å². The number of thioether (sulfide) groups is 1. The van der Waals surface area contributed by atoms with E-state index in [0.29, 0.717) is 42.6 Å². The summed E-state index contributed by atoms with van der Waals surface area (Å²) in [4.78, 5) is 35.5. The Labute approximate surface area is 198 Å². The van der Waals surface area contributed by atoms with Gasteiger partial charge in [0.1, 0.15) is 4.83 Å². The van der Waals surface area contributed by atoms with Gasteiger partial charge in [0.15, 0.2) is 5.16 Å². The lowest BCUT2D eigenvalue weighted by Gasteiger charge is -2.44. The van der Waals surface area contributed by atoms with E-state index in [1.54, 1.807) is 15.9 Å². The number of fused-ring (bicyclic) bond motifs is 2. The fraction of sp³-hybridized carbons (Fsp3) is 0.708. The van der Waals surface area contributed by atoms with Gasteiger partial charge in [0, 0.05) is 37.2 Å². The van der Waals surface area contributed by atoms with Gasteiger partial charge in [-0.2, -0.15) is 0 Å². The summed E-state index contributed by atoms with van der Waals surface area (Å²) >= 11 is 2.99. The molecule has 176 valence electrons. The van der Waals surface area contributed by atoms with Crippen molar-refractivity contribution in [2.75, 3.05) is 25.5 Å². The van der Waals surface area contributed by atoms with E-state index in [2.05, 4.69) is 4.90 Å². The normalized spacial score (nSPS) is 21.2. The average Bonchev–Trinajstić information content (AvgIpc) is 3.09. The van der Waals surface area contributed by atoms with Crippen LogP contribution in [0.2, 0.25) is 0 Å². The fourth-order valence-electron chi connectivity index (χ4n) is 5.23. The van der Waals surface area contributed by atoms with E-state index in [1.165, 1.54) is 37.4 Å². The first-order valence-corrected chi connectivity index (χ1v) is 13.8. The van der Waals surface area contributed by atoms with Gasteiger partial charge in [-0.05, 0) is 64.4 Å². The highest BCUT2D eigenvalue weighted by Crippen LogP contribution is 2.36. The zero-order chi connectivity index (χ0) is 22.7. The molecule has 0 N–H and O–H groups in total. The number of carbonyl (C=O) groups excluding carboxylic acids is 1. The predicted molar refractivity (Wildman–Crippen MR) is 132 cm³/mol. The van der Waals surface area contributed by atoms with Gasteiger partial charge in [0.05, 0.1) is 11.1 Å². The van der Waals surface area contributed by atoms with Gasteiger partial charge in [0.25, 0.3) is 5.56 Å². The Hall–Kier alpha value is -1.38. The van der Waals surface area contributed by atoms with E-state index in [0.717, 1.165) is 46.5 Å². The van der Waals surface area contributed by atoms with Crippen molar-refractivity contribution in [2.24, 2.45) is 5.92 Å². The van der Waals surface area contributed by atoms with E-state index in [1.807, 2.05) is 20.8 Å². The summed E-state index contributed by atoms with van der Waals surface area (Å²) in [6, 6.07) is 0.414. The molecular weight excluding hydrogens is 442 g/mol. The summed E-state index contributed by atoms with van der Waals surface area (Å²) in [5.74, 6) is 1.21. The smallest absolute Gasteiger partial charge is 0.263 e. The summed E-state index contributed by atoms with van der Waals surface area (Å²) in [6.45, 7) is 8.72. The second kappa shape index (κ2) is 10.7. The maximum Gasteiger partial charge on any atom is 0.263 e. The molecular formula is C24H35N3O3S2. The van der Waals surface area contributed by atoms with Crippen LogP contribution in [-0.4, -0.2) is 51.9 Å². The van der Waals surface area contributed by atoms with Crippen LogP contribution < -0.4 is 5.56 Å². The highest BCUT2D eigenvalue weighted by atomic mass is 32.2. The first-order valence-electron chi connectivity index (χ1n) is 12.0. The van der Waals surface area contributed by atoms with Gasteiger partial charge in [-0.25, -0.2) is 4.98 Å². The van der Waals surface area contributed by atoms with Crippen molar-refractivity contribution < 1.29 is 9.53 Å². The topological polar surface area (TPSA) is 64.4 Å². The number of rotatable bonds is 8. The first-order chi connectivity index (χ1) is 15.5. The number of aromatic nitrogens is 2. The van der Waals surface area contributed by atoms with Crippen LogP contribution in [0.5, 0.6) is 0 Å². The van der Waals surface area contributed by atoms with Crippen LogP contribution in [0, 0.1) is 19.8 Å². The molecule has 2 aromatic heterocycles. The van der Waals surface area contributed by atoms with Crippen LogP contribution in [-0.2, 0) is 16.1 Å². The zero-order valence-electron chi connectivity index (χ0n) is 19.5. The molecule has 2 aromatic rings. The van der Waals surface area contributed by atoms with Crippen molar-refractivity contribution in [2.45, 2.75) is 83.5 Å². The van der Waals surface area contributed by atoms with Gasteiger partial charge in [-0.3, -0.25) is 14.2 Å². The number of thiophene rings is 1. The van der Waals surface area contributed by atoms with Gasteiger partial charge in [-0.15, -0.1) is 11.3 Å². The molecule has 32 heavy (non-hydrogen) atoms. The number of carbonyl (C=O) groups is 1. The third-order valence-corrected chi connectivity index (χ3v) is 9.08. The molecule has 4 rings (SSSR count). The molecule has 2 aliphatic rings. The molecule has 1 aliphatic heterocycles. The monoisotopic (exact) mass is 477 g/mol. The summed E-state index contributed by atoms with van der Waals surface area (Å²) in [7, 11) is 0. The predicted octanol–water partition coefficient (Wildman–Crippen LogP) is 4.77. The summed E-state index contributed by atoms with van der Waals surface area (Å²) in [5, 5.41) is 1.38. The fourth-order valence-corrected chi connectivity index (χ4v) is 7.21. The summed E-state index contributed by atoms with van der Waals surface area (Å²) in [5.41, 5.74) is 1.03. The second-order valence-corrected chi connectivity index (χ2v) is 11.1. The van der Waals surface area contributed by atoms with Crippen molar-refractivity contribution in [1.29, 1.82) is 0 Å². The average molecular weight is 478 g/mol. The lowest BCUT2D eigenvalue weighted by Crippen LogP contribution is -2.50. The molecule has 3 heterocycles. The van der Waals surface area contributed by atoms with Crippen LogP contribution in [0.1, 0.15) is 62.3 Å². The van der Waals surface area contributed by atoms with E-state index >= 15 is 0 Å². The molecule has 1 amide bonds. The van der Waals surface area contributed by atoms with Gasteiger partial charge in [-0.1, -0.05) is 24.6 Å². The standard InChI is InChI=1S/C24H35N3O3S2/c1-4-30-14-8-13-27-23(29)21-16(2)17(3)32-22(21)25-24(27)31-15-20(28)26-12-7-10-18-9-5-6-11-19(18)26/h18-19H,4-15H2,1-3H3. The lowest BCUT2D eigenvalue weighted by atomic mass is 9.78. The maximum absolute atomic E-state index is 13.4. The molecule has 1 saturated carbocycles. The van der Waals surface area contributed by atoms with E-state index in [4.69, 9.17) is 9.72 Å². The quantitative estimate of drug-likeness (QED) is 0.311. The van der Waals surface area contributed by atoms with Gasteiger partial charge >= 0.3 is 0 Å². The lowest BCUT2D eigenvalue weighted by molar-refractivity contribution is -0.134. The van der Waals surface area contributed by atoms with Crippen molar-refractivity contribution in [3.05, 3.63) is 20.8 Å². The van der Waals surface area contributed by atoms with E-state index in [-0.39, 0.29) is 11.5 Å². The van der Waals surface area contributed by atoms with Gasteiger partial charge in [0.2, 0.25) is 5.91 Å².